The summed E-state index contributed by atoms with van der Waals surface area (Å²) in [6.07, 6.45) is 0. The standard InChI is InChI=1S/C9H10FNO/c1-12-9-3-2-6(10)4-7(9)8-5-11-8/h2-4,8,11H,5H2,1H3/t8-/m1/s1. The maximum atomic E-state index is 12.8. The van der Waals surface area contributed by atoms with Gasteiger partial charge in [0.05, 0.1) is 7.11 Å². The highest BCUT2D eigenvalue weighted by Gasteiger charge is 2.25. The zero-order valence-corrected chi connectivity index (χ0v) is 6.80. The normalized spacial score (nSPS) is 20.7. The summed E-state index contributed by atoms with van der Waals surface area (Å²) in [5.74, 6) is 0.547. The first-order valence-electron chi connectivity index (χ1n) is 3.88. The summed E-state index contributed by atoms with van der Waals surface area (Å²) in [7, 11) is 1.60. The van der Waals surface area contributed by atoms with Gasteiger partial charge in [-0.2, -0.15) is 0 Å². The molecule has 1 aliphatic heterocycles. The fourth-order valence-electron chi connectivity index (χ4n) is 1.26. The number of ether oxygens (including phenoxy) is 1. The van der Waals surface area contributed by atoms with Crippen LogP contribution in [0.2, 0.25) is 0 Å². The molecule has 1 fully saturated rings. The maximum Gasteiger partial charge on any atom is 0.123 e. The fourth-order valence-corrected chi connectivity index (χ4v) is 1.26. The molecule has 1 aromatic rings. The molecular formula is C9H10FNO. The lowest BCUT2D eigenvalue weighted by atomic mass is 10.1. The predicted molar refractivity (Wildman–Crippen MR) is 43.7 cm³/mol. The molecular weight excluding hydrogens is 157 g/mol. The molecule has 1 heterocycles. The van der Waals surface area contributed by atoms with Gasteiger partial charge in [-0.15, -0.1) is 0 Å². The number of nitrogens with one attached hydrogen (secondary N) is 1. The van der Waals surface area contributed by atoms with Crippen molar-refractivity contribution in [2.75, 3.05) is 13.7 Å². The first kappa shape index (κ1) is 7.55. The van der Waals surface area contributed by atoms with E-state index in [4.69, 9.17) is 4.74 Å². The zero-order chi connectivity index (χ0) is 8.55. The first-order valence-corrected chi connectivity index (χ1v) is 3.88. The van der Waals surface area contributed by atoms with Crippen molar-refractivity contribution in [2.45, 2.75) is 6.04 Å². The van der Waals surface area contributed by atoms with E-state index in [1.165, 1.54) is 12.1 Å². The van der Waals surface area contributed by atoms with Gasteiger partial charge in [0.1, 0.15) is 11.6 Å². The Morgan fingerprint density at radius 3 is 2.92 bits per heavy atom. The Kier molecular flexibility index (Phi) is 1.73. The largest absolute Gasteiger partial charge is 0.496 e. The summed E-state index contributed by atoms with van der Waals surface area (Å²) in [4.78, 5) is 0. The lowest BCUT2D eigenvalue weighted by Gasteiger charge is -2.05. The van der Waals surface area contributed by atoms with Gasteiger partial charge in [0, 0.05) is 18.2 Å². The van der Waals surface area contributed by atoms with Crippen LogP contribution >= 0.6 is 0 Å². The van der Waals surface area contributed by atoms with Crippen LogP contribution in [0.3, 0.4) is 0 Å². The molecule has 2 rings (SSSR count). The molecule has 2 nitrogen and oxygen atoms in total. The summed E-state index contributed by atoms with van der Waals surface area (Å²) >= 11 is 0. The Balaban J connectivity index is 2.39. The first-order chi connectivity index (χ1) is 5.81. The molecule has 0 amide bonds. The molecule has 0 radical (unpaired) electrons. The van der Waals surface area contributed by atoms with Crippen molar-refractivity contribution in [3.63, 3.8) is 0 Å². The van der Waals surface area contributed by atoms with Gasteiger partial charge in [-0.1, -0.05) is 0 Å². The molecule has 1 saturated heterocycles. The highest BCUT2D eigenvalue weighted by Crippen LogP contribution is 2.30. The number of rotatable bonds is 2. The van der Waals surface area contributed by atoms with Gasteiger partial charge >= 0.3 is 0 Å². The second-order valence-corrected chi connectivity index (χ2v) is 2.85. The van der Waals surface area contributed by atoms with Gasteiger partial charge in [0.25, 0.3) is 0 Å². The molecule has 0 saturated carbocycles. The Hall–Kier alpha value is -1.09. The average Bonchev–Trinajstić information content (AvgIpc) is 2.87. The van der Waals surface area contributed by atoms with Crippen LogP contribution < -0.4 is 10.1 Å². The quantitative estimate of drug-likeness (QED) is 0.676. The minimum Gasteiger partial charge on any atom is -0.496 e. The van der Waals surface area contributed by atoms with Crippen LogP contribution in [0.25, 0.3) is 0 Å². The van der Waals surface area contributed by atoms with Gasteiger partial charge < -0.3 is 10.1 Å². The smallest absolute Gasteiger partial charge is 0.123 e. The topological polar surface area (TPSA) is 31.2 Å². The zero-order valence-electron chi connectivity index (χ0n) is 6.80. The number of hydrogen-bond donors (Lipinski definition) is 1. The van der Waals surface area contributed by atoms with Crippen LogP contribution in [0.1, 0.15) is 11.6 Å². The van der Waals surface area contributed by atoms with Crippen molar-refractivity contribution in [3.8, 4) is 5.75 Å². The second-order valence-electron chi connectivity index (χ2n) is 2.85. The number of hydrogen-bond acceptors (Lipinski definition) is 2. The van der Waals surface area contributed by atoms with Crippen LogP contribution in [-0.2, 0) is 0 Å². The van der Waals surface area contributed by atoms with Crippen LogP contribution in [0.5, 0.6) is 5.75 Å². The lowest BCUT2D eigenvalue weighted by Crippen LogP contribution is -1.93. The highest BCUT2D eigenvalue weighted by molar-refractivity contribution is 5.38. The lowest BCUT2D eigenvalue weighted by molar-refractivity contribution is 0.408. The molecule has 3 heteroatoms. The number of benzene rings is 1. The van der Waals surface area contributed by atoms with E-state index in [1.807, 2.05) is 0 Å². The van der Waals surface area contributed by atoms with Crippen LogP contribution in [0.15, 0.2) is 18.2 Å². The van der Waals surface area contributed by atoms with E-state index in [2.05, 4.69) is 5.32 Å². The Morgan fingerprint density at radius 1 is 1.58 bits per heavy atom. The summed E-state index contributed by atoms with van der Waals surface area (Å²) < 4.78 is 17.9. The SMILES string of the molecule is COc1ccc(F)cc1[C@H]1CN1. The molecule has 0 spiro atoms. The van der Waals surface area contributed by atoms with Crippen molar-refractivity contribution >= 4 is 0 Å². The molecule has 1 aliphatic rings. The fraction of sp³-hybridized carbons (Fsp3) is 0.333. The van der Waals surface area contributed by atoms with Crippen LogP contribution in [-0.4, -0.2) is 13.7 Å². The van der Waals surface area contributed by atoms with Crippen LogP contribution in [0.4, 0.5) is 4.39 Å². The molecule has 1 N–H and O–H groups in total. The molecule has 64 valence electrons. The third-order valence-electron chi connectivity index (χ3n) is 1.98. The number of methoxy groups -OCH3 is 1. The summed E-state index contributed by atoms with van der Waals surface area (Å²) in [6, 6.07) is 4.87. The molecule has 1 atom stereocenters. The van der Waals surface area contributed by atoms with E-state index < -0.39 is 0 Å². The maximum absolute atomic E-state index is 12.8. The Labute approximate surface area is 70.3 Å². The van der Waals surface area contributed by atoms with Crippen molar-refractivity contribution < 1.29 is 9.13 Å². The van der Waals surface area contributed by atoms with Crippen molar-refractivity contribution in [1.82, 2.24) is 5.32 Å². The molecule has 0 bridgehead atoms. The van der Waals surface area contributed by atoms with Crippen molar-refractivity contribution in [2.24, 2.45) is 0 Å². The number of halogens is 1. The third kappa shape index (κ3) is 1.28. The van der Waals surface area contributed by atoms with Gasteiger partial charge in [0.15, 0.2) is 0 Å². The minimum atomic E-state index is -0.209. The minimum absolute atomic E-state index is 0.209. The molecule has 0 aromatic heterocycles. The van der Waals surface area contributed by atoms with E-state index >= 15 is 0 Å². The summed E-state index contributed by atoms with van der Waals surface area (Å²) in [6.45, 7) is 0.916. The van der Waals surface area contributed by atoms with Gasteiger partial charge in [0.2, 0.25) is 0 Å². The predicted octanol–water partition coefficient (Wildman–Crippen LogP) is 1.48. The van der Waals surface area contributed by atoms with Crippen LogP contribution in [0, 0.1) is 5.82 Å². The molecule has 1 aromatic carbocycles. The molecule has 12 heavy (non-hydrogen) atoms. The summed E-state index contributed by atoms with van der Waals surface area (Å²) in [5, 5.41) is 3.11. The van der Waals surface area contributed by atoms with Crippen molar-refractivity contribution in [1.29, 1.82) is 0 Å². The Morgan fingerprint density at radius 2 is 2.33 bits per heavy atom. The van der Waals surface area contributed by atoms with E-state index in [9.17, 15) is 4.39 Å². The molecule has 0 unspecified atom stereocenters. The monoisotopic (exact) mass is 167 g/mol. The van der Waals surface area contributed by atoms with E-state index in [-0.39, 0.29) is 11.9 Å². The average molecular weight is 167 g/mol. The van der Waals surface area contributed by atoms with E-state index in [0.29, 0.717) is 0 Å². The Bertz CT molecular complexity index is 297. The van der Waals surface area contributed by atoms with Crippen molar-refractivity contribution in [3.05, 3.63) is 29.6 Å². The molecule has 0 aliphatic carbocycles. The van der Waals surface area contributed by atoms with E-state index in [1.54, 1.807) is 13.2 Å². The highest BCUT2D eigenvalue weighted by atomic mass is 19.1. The van der Waals surface area contributed by atoms with Gasteiger partial charge in [-0.05, 0) is 18.2 Å². The van der Waals surface area contributed by atoms with E-state index in [0.717, 1.165) is 17.9 Å². The van der Waals surface area contributed by atoms with Gasteiger partial charge in [-0.3, -0.25) is 0 Å². The second kappa shape index (κ2) is 2.75. The summed E-state index contributed by atoms with van der Waals surface area (Å²) in [5.41, 5.74) is 0.914. The van der Waals surface area contributed by atoms with Gasteiger partial charge in [-0.25, -0.2) is 4.39 Å². The third-order valence-corrected chi connectivity index (χ3v) is 1.98.